The Kier molecular flexibility index (Phi) is 4.77. The summed E-state index contributed by atoms with van der Waals surface area (Å²) in [5, 5.41) is 18.1. The third-order valence-electron chi connectivity index (χ3n) is 4.50. The van der Waals surface area contributed by atoms with Gasteiger partial charge in [0, 0.05) is 11.3 Å². The minimum Gasteiger partial charge on any atom is -0.507 e. The number of hydrogen-bond acceptors (Lipinski definition) is 4. The molecule has 3 aromatic rings. The van der Waals surface area contributed by atoms with Crippen LogP contribution in [0.25, 0.3) is 5.69 Å². The lowest BCUT2D eigenvalue weighted by Crippen LogP contribution is -2.20. The van der Waals surface area contributed by atoms with Crippen LogP contribution < -0.4 is 5.43 Å². The fourth-order valence-corrected chi connectivity index (χ4v) is 3.62. The van der Waals surface area contributed by atoms with Gasteiger partial charge in [0.25, 0.3) is 5.91 Å². The van der Waals surface area contributed by atoms with Gasteiger partial charge in [-0.2, -0.15) is 10.2 Å². The van der Waals surface area contributed by atoms with Crippen molar-refractivity contribution in [3.8, 4) is 11.4 Å². The molecule has 0 unspecified atom stereocenters. The predicted molar refractivity (Wildman–Crippen MR) is 106 cm³/mol. The summed E-state index contributed by atoms with van der Waals surface area (Å²) in [5.74, 6) is -0.171. The van der Waals surface area contributed by atoms with Crippen LogP contribution >= 0.6 is 15.9 Å². The second-order valence-electron chi connectivity index (χ2n) is 6.28. The first-order valence-corrected chi connectivity index (χ1v) is 9.41. The van der Waals surface area contributed by atoms with Gasteiger partial charge < -0.3 is 5.11 Å². The Balaban J connectivity index is 1.56. The average Bonchev–Trinajstić information content (AvgIpc) is 3.28. The molecule has 1 amide bonds. The van der Waals surface area contributed by atoms with Crippen LogP contribution in [-0.2, 0) is 12.8 Å². The molecule has 7 heteroatoms. The number of hydrogen-bond donors (Lipinski definition) is 2. The van der Waals surface area contributed by atoms with Crippen LogP contribution in [0.2, 0.25) is 0 Å². The number of nitrogens with one attached hydrogen (secondary N) is 1. The van der Waals surface area contributed by atoms with Crippen LogP contribution in [0.1, 0.15) is 33.7 Å². The molecule has 0 bridgehead atoms. The van der Waals surface area contributed by atoms with E-state index in [0.717, 1.165) is 41.8 Å². The van der Waals surface area contributed by atoms with Crippen LogP contribution in [0, 0.1) is 0 Å². The number of carbonyl (C=O) groups is 1. The molecule has 1 aromatic heterocycles. The molecular formula is C20H17BrN4O2. The molecule has 6 nitrogen and oxygen atoms in total. The lowest BCUT2D eigenvalue weighted by molar-refractivity contribution is 0.0949. The van der Waals surface area contributed by atoms with Crippen molar-refractivity contribution in [2.24, 2.45) is 5.10 Å². The molecule has 0 saturated carbocycles. The van der Waals surface area contributed by atoms with E-state index in [0.29, 0.717) is 10.2 Å². The first kappa shape index (κ1) is 17.5. The monoisotopic (exact) mass is 424 g/mol. The highest BCUT2D eigenvalue weighted by atomic mass is 79.9. The third-order valence-corrected chi connectivity index (χ3v) is 5.13. The summed E-state index contributed by atoms with van der Waals surface area (Å²) < 4.78 is 2.43. The fourth-order valence-electron chi connectivity index (χ4n) is 3.22. The number of aromatic hydroxyl groups is 1. The van der Waals surface area contributed by atoms with Gasteiger partial charge in [0.15, 0.2) is 5.69 Å². The second-order valence-corrected chi connectivity index (χ2v) is 7.14. The maximum absolute atomic E-state index is 12.6. The number of carbonyl (C=O) groups excluding carboxylic acids is 1. The molecule has 0 aliphatic heterocycles. The molecule has 0 atom stereocenters. The van der Waals surface area contributed by atoms with E-state index in [-0.39, 0.29) is 11.7 Å². The van der Waals surface area contributed by atoms with Gasteiger partial charge in [-0.15, -0.1) is 0 Å². The number of phenolic OH excluding ortho intramolecular Hbond substituents is 1. The van der Waals surface area contributed by atoms with Crippen molar-refractivity contribution >= 4 is 28.1 Å². The summed E-state index contributed by atoms with van der Waals surface area (Å²) in [6.07, 6.45) is 4.30. The first-order valence-electron chi connectivity index (χ1n) is 8.61. The van der Waals surface area contributed by atoms with E-state index in [9.17, 15) is 9.90 Å². The highest BCUT2D eigenvalue weighted by Gasteiger charge is 2.26. The molecule has 0 radical (unpaired) electrons. The lowest BCUT2D eigenvalue weighted by Gasteiger charge is -2.04. The molecule has 2 N–H and O–H groups in total. The van der Waals surface area contributed by atoms with Crippen molar-refractivity contribution in [1.29, 1.82) is 0 Å². The van der Waals surface area contributed by atoms with E-state index >= 15 is 0 Å². The molecule has 4 rings (SSSR count). The molecular weight excluding hydrogens is 408 g/mol. The number of amides is 1. The summed E-state index contributed by atoms with van der Waals surface area (Å²) in [4.78, 5) is 12.6. The molecule has 0 spiro atoms. The molecule has 136 valence electrons. The van der Waals surface area contributed by atoms with Crippen molar-refractivity contribution in [1.82, 2.24) is 15.2 Å². The number of phenols is 1. The van der Waals surface area contributed by atoms with E-state index in [2.05, 4.69) is 31.6 Å². The molecule has 0 saturated heterocycles. The maximum atomic E-state index is 12.6. The van der Waals surface area contributed by atoms with Gasteiger partial charge in [-0.25, -0.2) is 10.1 Å². The number of halogens is 1. The first-order chi connectivity index (χ1) is 13.1. The van der Waals surface area contributed by atoms with Gasteiger partial charge in [0.2, 0.25) is 0 Å². The maximum Gasteiger partial charge on any atom is 0.292 e. The smallest absolute Gasteiger partial charge is 0.292 e. The van der Waals surface area contributed by atoms with E-state index < -0.39 is 0 Å². The minimum absolute atomic E-state index is 0.151. The second kappa shape index (κ2) is 7.36. The van der Waals surface area contributed by atoms with Gasteiger partial charge in [0.05, 0.1) is 16.4 Å². The van der Waals surface area contributed by atoms with Gasteiger partial charge in [-0.3, -0.25) is 4.79 Å². The normalized spacial score (nSPS) is 13.1. The van der Waals surface area contributed by atoms with E-state index in [1.165, 1.54) is 6.21 Å². The van der Waals surface area contributed by atoms with Crippen LogP contribution in [0.15, 0.2) is 58.1 Å². The fraction of sp³-hybridized carbons (Fsp3) is 0.150. The summed E-state index contributed by atoms with van der Waals surface area (Å²) in [5.41, 5.74) is 6.77. The largest absolute Gasteiger partial charge is 0.507 e. The summed E-state index contributed by atoms with van der Waals surface area (Å²) >= 11 is 3.25. The number of aromatic nitrogens is 2. The summed E-state index contributed by atoms with van der Waals surface area (Å²) in [7, 11) is 0. The van der Waals surface area contributed by atoms with Gasteiger partial charge >= 0.3 is 0 Å². The summed E-state index contributed by atoms with van der Waals surface area (Å²) in [6.45, 7) is 0. The molecule has 1 heterocycles. The van der Waals surface area contributed by atoms with Gasteiger partial charge in [-0.1, -0.05) is 18.2 Å². The molecule has 0 fully saturated rings. The lowest BCUT2D eigenvalue weighted by atomic mass is 10.2. The van der Waals surface area contributed by atoms with E-state index in [1.807, 2.05) is 35.0 Å². The van der Waals surface area contributed by atoms with Gasteiger partial charge in [-0.05, 0) is 71.1 Å². The number of benzene rings is 2. The van der Waals surface area contributed by atoms with Crippen LogP contribution in [0.3, 0.4) is 0 Å². The third kappa shape index (κ3) is 3.50. The predicted octanol–water partition coefficient (Wildman–Crippen LogP) is 3.59. The van der Waals surface area contributed by atoms with E-state index in [4.69, 9.17) is 0 Å². The number of nitrogens with zero attached hydrogens (tertiary/aromatic N) is 3. The number of para-hydroxylation sites is 1. The SMILES string of the molecule is O=C(N/N=C/c1ccc(O)c(Br)c1)c1nn(-c2ccccc2)c2c1CCC2. The quantitative estimate of drug-likeness (QED) is 0.495. The Morgan fingerprint density at radius 2 is 2.04 bits per heavy atom. The van der Waals surface area contributed by atoms with Crippen LogP contribution in [0.4, 0.5) is 0 Å². The molecule has 1 aliphatic carbocycles. The highest BCUT2D eigenvalue weighted by molar-refractivity contribution is 9.10. The molecule has 27 heavy (non-hydrogen) atoms. The Hall–Kier alpha value is -2.93. The van der Waals surface area contributed by atoms with Crippen molar-refractivity contribution < 1.29 is 9.90 Å². The standard InChI is InChI=1S/C20H17BrN4O2/c21-16-11-13(9-10-18(16)26)12-22-23-20(27)19-15-7-4-8-17(15)25(24-19)14-5-2-1-3-6-14/h1-3,5-6,9-12,26H,4,7-8H2,(H,23,27)/b22-12+. The van der Waals surface area contributed by atoms with Gasteiger partial charge in [0.1, 0.15) is 5.75 Å². The Morgan fingerprint density at radius 3 is 2.81 bits per heavy atom. The Morgan fingerprint density at radius 1 is 1.22 bits per heavy atom. The van der Waals surface area contributed by atoms with E-state index in [1.54, 1.807) is 18.2 Å². The minimum atomic E-state index is -0.322. The van der Waals surface area contributed by atoms with Crippen molar-refractivity contribution in [2.45, 2.75) is 19.3 Å². The average molecular weight is 425 g/mol. The Labute approximate surface area is 164 Å². The Bertz CT molecular complexity index is 1030. The molecule has 1 aliphatic rings. The van der Waals surface area contributed by atoms with Crippen LogP contribution in [0.5, 0.6) is 5.75 Å². The zero-order chi connectivity index (χ0) is 18.8. The van der Waals surface area contributed by atoms with Crippen LogP contribution in [-0.4, -0.2) is 27.0 Å². The zero-order valence-electron chi connectivity index (χ0n) is 14.4. The van der Waals surface area contributed by atoms with Crippen molar-refractivity contribution in [3.63, 3.8) is 0 Å². The highest BCUT2D eigenvalue weighted by Crippen LogP contribution is 2.28. The van der Waals surface area contributed by atoms with Crippen molar-refractivity contribution in [3.05, 3.63) is 75.5 Å². The zero-order valence-corrected chi connectivity index (χ0v) is 16.0. The van der Waals surface area contributed by atoms with Crippen molar-refractivity contribution in [2.75, 3.05) is 0 Å². The number of rotatable bonds is 4. The number of hydrazone groups is 1. The molecule has 2 aromatic carbocycles. The summed E-state index contributed by atoms with van der Waals surface area (Å²) in [6, 6.07) is 14.8. The number of fused-ring (bicyclic) bond motifs is 1. The topological polar surface area (TPSA) is 79.5 Å².